The molecule has 0 amide bonds. The fraction of sp³-hybridized carbons (Fsp3) is 0.450. The third kappa shape index (κ3) is 4.29. The summed E-state index contributed by atoms with van der Waals surface area (Å²) in [4.78, 5) is 10.7. The van der Waals surface area contributed by atoms with Crippen LogP contribution in [0.5, 0.6) is 0 Å². The summed E-state index contributed by atoms with van der Waals surface area (Å²) in [5.74, 6) is 1.06. The van der Waals surface area contributed by atoms with Crippen molar-refractivity contribution in [2.75, 3.05) is 24.5 Å². The Labute approximate surface area is 180 Å². The van der Waals surface area contributed by atoms with E-state index in [9.17, 15) is 13.2 Å². The molecule has 160 valence electrons. The number of aromatic amines is 1. The molecule has 10 heteroatoms. The largest absolute Gasteiger partial charge is 0.418 e. The summed E-state index contributed by atoms with van der Waals surface area (Å²) >= 11 is 3.32. The van der Waals surface area contributed by atoms with Gasteiger partial charge in [-0.15, -0.1) is 0 Å². The van der Waals surface area contributed by atoms with Crippen molar-refractivity contribution in [3.63, 3.8) is 0 Å². The van der Waals surface area contributed by atoms with Gasteiger partial charge in [0.25, 0.3) is 0 Å². The summed E-state index contributed by atoms with van der Waals surface area (Å²) in [6.45, 7) is 6.46. The molecule has 1 atom stereocenters. The number of halogens is 4. The zero-order chi connectivity index (χ0) is 21.5. The van der Waals surface area contributed by atoms with Crippen LogP contribution in [0, 0.1) is 5.92 Å². The first kappa shape index (κ1) is 21.0. The van der Waals surface area contributed by atoms with Crippen LogP contribution in [0.4, 0.5) is 19.0 Å². The van der Waals surface area contributed by atoms with E-state index < -0.39 is 11.7 Å². The van der Waals surface area contributed by atoms with Gasteiger partial charge in [0.05, 0.1) is 11.3 Å². The molecule has 1 fully saturated rings. The van der Waals surface area contributed by atoms with Crippen molar-refractivity contribution in [2.45, 2.75) is 32.5 Å². The zero-order valence-electron chi connectivity index (χ0n) is 16.6. The lowest BCUT2D eigenvalue weighted by molar-refractivity contribution is -0.137. The molecule has 6 nitrogen and oxygen atoms in total. The molecule has 30 heavy (non-hydrogen) atoms. The maximum Gasteiger partial charge on any atom is 0.418 e. The van der Waals surface area contributed by atoms with E-state index in [1.807, 2.05) is 4.90 Å². The second-order valence-corrected chi connectivity index (χ2v) is 8.83. The van der Waals surface area contributed by atoms with E-state index in [-0.39, 0.29) is 17.4 Å². The molecule has 3 aromatic heterocycles. The van der Waals surface area contributed by atoms with Crippen LogP contribution in [0.2, 0.25) is 0 Å². The highest BCUT2D eigenvalue weighted by atomic mass is 79.9. The van der Waals surface area contributed by atoms with E-state index in [1.165, 1.54) is 6.07 Å². The fourth-order valence-corrected chi connectivity index (χ4v) is 4.19. The number of fused-ring (bicyclic) bond motifs is 1. The number of piperazine rings is 1. The smallest absolute Gasteiger partial charge is 0.354 e. The number of H-pyrrole nitrogens is 1. The quantitative estimate of drug-likeness (QED) is 0.567. The Bertz CT molecular complexity index is 1050. The maximum atomic E-state index is 13.8. The first-order valence-corrected chi connectivity index (χ1v) is 10.6. The van der Waals surface area contributed by atoms with E-state index in [0.29, 0.717) is 40.3 Å². The number of nitrogens with one attached hydrogen (secondary N) is 2. The van der Waals surface area contributed by atoms with Gasteiger partial charge in [0, 0.05) is 41.7 Å². The van der Waals surface area contributed by atoms with Gasteiger partial charge in [0.15, 0.2) is 5.65 Å². The molecule has 0 saturated carbocycles. The van der Waals surface area contributed by atoms with Gasteiger partial charge < -0.3 is 10.2 Å². The average Bonchev–Trinajstić information content (AvgIpc) is 3.09. The van der Waals surface area contributed by atoms with Gasteiger partial charge in [-0.3, -0.25) is 5.10 Å². The van der Waals surface area contributed by atoms with Gasteiger partial charge in [-0.25, -0.2) is 9.97 Å². The number of rotatable bonds is 4. The van der Waals surface area contributed by atoms with Gasteiger partial charge in [0.1, 0.15) is 11.5 Å². The number of hydrogen-bond acceptors (Lipinski definition) is 5. The molecule has 4 rings (SSSR count). The fourth-order valence-electron chi connectivity index (χ4n) is 3.86. The molecule has 4 heterocycles. The summed E-state index contributed by atoms with van der Waals surface area (Å²) in [7, 11) is 0. The molecule has 1 saturated heterocycles. The molecule has 0 aromatic carbocycles. The predicted molar refractivity (Wildman–Crippen MR) is 113 cm³/mol. The molecule has 0 spiro atoms. The molecule has 1 aliphatic rings. The Morgan fingerprint density at radius 1 is 1.30 bits per heavy atom. The second kappa shape index (κ2) is 8.14. The first-order chi connectivity index (χ1) is 14.2. The highest BCUT2D eigenvalue weighted by molar-refractivity contribution is 9.10. The zero-order valence-corrected chi connectivity index (χ0v) is 18.2. The number of nitrogens with zero attached hydrogens (tertiary/aromatic N) is 4. The summed E-state index contributed by atoms with van der Waals surface area (Å²) in [5, 5.41) is 10.7. The van der Waals surface area contributed by atoms with Crippen LogP contribution in [0.1, 0.15) is 25.8 Å². The normalized spacial score (nSPS) is 17.8. The molecule has 0 aliphatic carbocycles. The number of alkyl halides is 3. The molecular weight excluding hydrogens is 461 g/mol. The van der Waals surface area contributed by atoms with Crippen molar-refractivity contribution in [1.82, 2.24) is 25.5 Å². The van der Waals surface area contributed by atoms with Crippen LogP contribution in [-0.4, -0.2) is 45.8 Å². The molecule has 0 radical (unpaired) electrons. The molecule has 2 N–H and O–H groups in total. The number of hydrogen-bond donors (Lipinski definition) is 2. The highest BCUT2D eigenvalue weighted by Gasteiger charge is 2.36. The Kier molecular flexibility index (Phi) is 5.71. The van der Waals surface area contributed by atoms with Crippen LogP contribution >= 0.6 is 15.9 Å². The first-order valence-electron chi connectivity index (χ1n) is 9.79. The van der Waals surface area contributed by atoms with E-state index >= 15 is 0 Å². The van der Waals surface area contributed by atoms with E-state index in [0.717, 1.165) is 19.0 Å². The molecule has 1 aliphatic heterocycles. The van der Waals surface area contributed by atoms with Gasteiger partial charge in [0.2, 0.25) is 0 Å². The van der Waals surface area contributed by atoms with E-state index in [4.69, 9.17) is 0 Å². The van der Waals surface area contributed by atoms with Crippen LogP contribution < -0.4 is 10.2 Å². The summed E-state index contributed by atoms with van der Waals surface area (Å²) in [6.07, 6.45) is -1.99. The Hall–Kier alpha value is -2.20. The summed E-state index contributed by atoms with van der Waals surface area (Å²) < 4.78 is 42.0. The third-order valence-corrected chi connectivity index (χ3v) is 5.57. The number of anilines is 1. The van der Waals surface area contributed by atoms with E-state index in [1.54, 1.807) is 12.3 Å². The number of pyridine rings is 2. The van der Waals surface area contributed by atoms with Crippen LogP contribution in [0.3, 0.4) is 0 Å². The van der Waals surface area contributed by atoms with Gasteiger partial charge in [-0.2, -0.15) is 18.3 Å². The van der Waals surface area contributed by atoms with Crippen molar-refractivity contribution in [3.8, 4) is 11.4 Å². The van der Waals surface area contributed by atoms with Crippen LogP contribution in [-0.2, 0) is 6.18 Å². The summed E-state index contributed by atoms with van der Waals surface area (Å²) in [6, 6.07) is 4.53. The van der Waals surface area contributed by atoms with Crippen molar-refractivity contribution < 1.29 is 13.2 Å². The SMILES string of the molecule is CC(C)CC1CN(c2ccc(C(F)(F)F)c(-c3[nH]nc4ncc(Br)cc34)n2)CCN1. The lowest BCUT2D eigenvalue weighted by atomic mass is 10.0. The molecule has 0 bridgehead atoms. The van der Waals surface area contributed by atoms with Crippen LogP contribution in [0.25, 0.3) is 22.4 Å². The van der Waals surface area contributed by atoms with Gasteiger partial charge in [-0.05, 0) is 46.5 Å². The lowest BCUT2D eigenvalue weighted by Crippen LogP contribution is -2.51. The Balaban J connectivity index is 1.78. The monoisotopic (exact) mass is 482 g/mol. The van der Waals surface area contributed by atoms with Crippen molar-refractivity contribution in [1.29, 1.82) is 0 Å². The Morgan fingerprint density at radius 3 is 2.83 bits per heavy atom. The Morgan fingerprint density at radius 2 is 2.10 bits per heavy atom. The molecule has 3 aromatic rings. The minimum Gasteiger partial charge on any atom is -0.354 e. The topological polar surface area (TPSA) is 69.7 Å². The lowest BCUT2D eigenvalue weighted by Gasteiger charge is -2.35. The third-order valence-electron chi connectivity index (χ3n) is 5.13. The standard InChI is InChI=1S/C20H22BrF3N6/c1-11(2)7-13-10-30(6-5-25-13)16-4-3-15(20(22,23)24)18(27-16)17-14-8-12(21)9-26-19(14)29-28-17/h3-4,8-9,11,13,25H,5-7,10H2,1-2H3,(H,26,28,29). The highest BCUT2D eigenvalue weighted by Crippen LogP contribution is 2.39. The van der Waals surface area contributed by atoms with Gasteiger partial charge in [-0.1, -0.05) is 13.8 Å². The van der Waals surface area contributed by atoms with Crippen molar-refractivity contribution in [3.05, 3.63) is 34.4 Å². The predicted octanol–water partition coefficient (Wildman–Crippen LogP) is 4.63. The van der Waals surface area contributed by atoms with Crippen molar-refractivity contribution in [2.24, 2.45) is 5.92 Å². The maximum absolute atomic E-state index is 13.8. The van der Waals surface area contributed by atoms with E-state index in [2.05, 4.69) is 55.3 Å². The van der Waals surface area contributed by atoms with Crippen LogP contribution in [0.15, 0.2) is 28.9 Å². The second-order valence-electron chi connectivity index (χ2n) is 7.91. The minimum absolute atomic E-state index is 0.165. The van der Waals surface area contributed by atoms with Gasteiger partial charge >= 0.3 is 6.18 Å². The minimum atomic E-state index is -4.54. The molecule has 1 unspecified atom stereocenters. The summed E-state index contributed by atoms with van der Waals surface area (Å²) in [5.41, 5.74) is -0.415. The van der Waals surface area contributed by atoms with Crippen molar-refractivity contribution >= 4 is 32.8 Å². The molecular formula is C20H22BrF3N6. The average molecular weight is 483 g/mol. The number of aromatic nitrogens is 4.